The van der Waals surface area contributed by atoms with E-state index >= 15 is 0 Å². The molecule has 2 heterocycles. The molecular formula is C16H14N2O2. The molecule has 0 radical (unpaired) electrons. The number of carboxylic acid groups (broad SMARTS) is 1. The second-order valence-corrected chi connectivity index (χ2v) is 4.62. The second-order valence-electron chi connectivity index (χ2n) is 4.62. The van der Waals surface area contributed by atoms with Crippen molar-refractivity contribution in [3.63, 3.8) is 0 Å². The van der Waals surface area contributed by atoms with Crippen LogP contribution in [0.4, 0.5) is 0 Å². The Morgan fingerprint density at radius 1 is 1.15 bits per heavy atom. The maximum absolute atomic E-state index is 11.2. The topological polar surface area (TPSA) is 55.1 Å². The van der Waals surface area contributed by atoms with Crippen molar-refractivity contribution in [3.05, 3.63) is 66.1 Å². The molecule has 0 aliphatic carbocycles. The normalized spacial score (nSPS) is 10.8. The van der Waals surface area contributed by atoms with Crippen LogP contribution in [0.1, 0.15) is 16.1 Å². The van der Waals surface area contributed by atoms with Crippen LogP contribution in [0.25, 0.3) is 10.9 Å². The number of carbonyl (C=O) groups is 1. The summed E-state index contributed by atoms with van der Waals surface area (Å²) in [4.78, 5) is 15.5. The fourth-order valence-corrected chi connectivity index (χ4v) is 2.39. The van der Waals surface area contributed by atoms with Gasteiger partial charge in [0, 0.05) is 42.0 Å². The molecule has 0 fully saturated rings. The van der Waals surface area contributed by atoms with Crippen LogP contribution in [0.3, 0.4) is 0 Å². The summed E-state index contributed by atoms with van der Waals surface area (Å²) in [5.74, 6) is -0.891. The Hall–Kier alpha value is -2.62. The highest BCUT2D eigenvalue weighted by molar-refractivity contribution is 6.02. The van der Waals surface area contributed by atoms with E-state index in [1.807, 2.05) is 36.5 Å². The number of fused-ring (bicyclic) bond motifs is 1. The summed E-state index contributed by atoms with van der Waals surface area (Å²) < 4.78 is 2.07. The number of benzene rings is 1. The van der Waals surface area contributed by atoms with E-state index in [1.165, 1.54) is 0 Å². The first-order valence-corrected chi connectivity index (χ1v) is 6.47. The largest absolute Gasteiger partial charge is 0.478 e. The van der Waals surface area contributed by atoms with Crippen LogP contribution in [-0.2, 0) is 13.0 Å². The molecule has 4 nitrogen and oxygen atoms in total. The minimum absolute atomic E-state index is 0.346. The predicted octanol–water partition coefficient (Wildman–Crippen LogP) is 2.98. The Kier molecular flexibility index (Phi) is 3.21. The van der Waals surface area contributed by atoms with E-state index in [0.717, 1.165) is 29.6 Å². The van der Waals surface area contributed by atoms with Gasteiger partial charge in [-0.1, -0.05) is 12.1 Å². The number of hydrogen-bond acceptors (Lipinski definition) is 2. The van der Waals surface area contributed by atoms with E-state index in [1.54, 1.807) is 18.3 Å². The number of hydrogen-bond donors (Lipinski definition) is 1. The summed E-state index contributed by atoms with van der Waals surface area (Å²) in [5, 5.41) is 9.96. The zero-order valence-corrected chi connectivity index (χ0v) is 10.9. The lowest BCUT2D eigenvalue weighted by Gasteiger charge is -2.05. The summed E-state index contributed by atoms with van der Waals surface area (Å²) >= 11 is 0. The van der Waals surface area contributed by atoms with Gasteiger partial charge in [-0.15, -0.1) is 0 Å². The molecule has 0 amide bonds. The molecule has 1 aromatic carbocycles. The molecule has 1 N–H and O–H groups in total. The third-order valence-corrected chi connectivity index (χ3v) is 3.38. The minimum Gasteiger partial charge on any atom is -0.478 e. The van der Waals surface area contributed by atoms with E-state index in [-0.39, 0.29) is 0 Å². The third-order valence-electron chi connectivity index (χ3n) is 3.38. The van der Waals surface area contributed by atoms with Crippen LogP contribution >= 0.6 is 0 Å². The van der Waals surface area contributed by atoms with Gasteiger partial charge in [-0.25, -0.2) is 4.79 Å². The molecule has 0 unspecified atom stereocenters. The van der Waals surface area contributed by atoms with Crippen molar-refractivity contribution in [2.75, 3.05) is 0 Å². The van der Waals surface area contributed by atoms with Crippen molar-refractivity contribution in [3.8, 4) is 0 Å². The van der Waals surface area contributed by atoms with Crippen molar-refractivity contribution in [1.82, 2.24) is 9.55 Å². The van der Waals surface area contributed by atoms with E-state index in [4.69, 9.17) is 0 Å². The summed E-state index contributed by atoms with van der Waals surface area (Å²) in [6.45, 7) is 0.781. The first-order valence-electron chi connectivity index (χ1n) is 6.47. The van der Waals surface area contributed by atoms with Gasteiger partial charge in [-0.2, -0.15) is 0 Å². The first kappa shape index (κ1) is 12.4. The zero-order valence-electron chi connectivity index (χ0n) is 10.9. The number of carboxylic acids is 1. The Bertz CT molecular complexity index is 748. The summed E-state index contributed by atoms with van der Waals surface area (Å²) in [6.07, 6.45) is 4.54. The number of aromatic nitrogens is 2. The Morgan fingerprint density at radius 2 is 2.05 bits per heavy atom. The highest BCUT2D eigenvalue weighted by Crippen LogP contribution is 2.20. The highest BCUT2D eigenvalue weighted by atomic mass is 16.4. The molecule has 4 heteroatoms. The Labute approximate surface area is 116 Å². The van der Waals surface area contributed by atoms with Gasteiger partial charge in [0.1, 0.15) is 0 Å². The van der Waals surface area contributed by atoms with Crippen LogP contribution in [0.2, 0.25) is 0 Å². The fourth-order valence-electron chi connectivity index (χ4n) is 2.39. The molecule has 0 aliphatic rings. The van der Waals surface area contributed by atoms with Gasteiger partial charge in [0.05, 0.1) is 5.56 Å². The van der Waals surface area contributed by atoms with Crippen LogP contribution in [-0.4, -0.2) is 20.6 Å². The zero-order chi connectivity index (χ0) is 13.9. The van der Waals surface area contributed by atoms with Gasteiger partial charge >= 0.3 is 5.97 Å². The molecular weight excluding hydrogens is 252 g/mol. The second kappa shape index (κ2) is 5.17. The van der Waals surface area contributed by atoms with Gasteiger partial charge in [-0.05, 0) is 30.3 Å². The van der Waals surface area contributed by atoms with Gasteiger partial charge < -0.3 is 9.67 Å². The molecule has 2 aromatic heterocycles. The standard InChI is InChI=1S/C16H14N2O2/c19-16(20)14-5-3-6-15-13(14)8-11-18(15)10-7-12-4-1-2-9-17-12/h1-6,8-9,11H,7,10H2,(H,19,20). The van der Waals surface area contributed by atoms with Crippen molar-refractivity contribution in [2.24, 2.45) is 0 Å². The molecule has 0 spiro atoms. The van der Waals surface area contributed by atoms with E-state index in [2.05, 4.69) is 9.55 Å². The maximum atomic E-state index is 11.2. The van der Waals surface area contributed by atoms with E-state index < -0.39 is 5.97 Å². The SMILES string of the molecule is O=C(O)c1cccc2c1ccn2CCc1ccccn1. The number of aryl methyl sites for hydroxylation is 2. The molecule has 0 aliphatic heterocycles. The summed E-state index contributed by atoms with van der Waals surface area (Å²) in [6, 6.07) is 13.1. The van der Waals surface area contributed by atoms with Crippen molar-refractivity contribution < 1.29 is 9.90 Å². The van der Waals surface area contributed by atoms with Crippen molar-refractivity contribution in [2.45, 2.75) is 13.0 Å². The molecule has 20 heavy (non-hydrogen) atoms. The van der Waals surface area contributed by atoms with Gasteiger partial charge in [0.2, 0.25) is 0 Å². The molecule has 0 saturated carbocycles. The van der Waals surface area contributed by atoms with Crippen molar-refractivity contribution in [1.29, 1.82) is 0 Å². The van der Waals surface area contributed by atoms with E-state index in [9.17, 15) is 9.90 Å². The quantitative estimate of drug-likeness (QED) is 0.789. The Balaban J connectivity index is 1.90. The summed E-state index contributed by atoms with van der Waals surface area (Å²) in [7, 11) is 0. The first-order chi connectivity index (χ1) is 9.75. The molecule has 0 bridgehead atoms. The monoisotopic (exact) mass is 266 g/mol. The molecule has 100 valence electrons. The number of aromatic carboxylic acids is 1. The van der Waals surface area contributed by atoms with Gasteiger partial charge in [0.15, 0.2) is 0 Å². The smallest absolute Gasteiger partial charge is 0.336 e. The predicted molar refractivity (Wildman–Crippen MR) is 76.8 cm³/mol. The van der Waals surface area contributed by atoms with Crippen molar-refractivity contribution >= 4 is 16.9 Å². The lowest BCUT2D eigenvalue weighted by molar-refractivity contribution is 0.0699. The van der Waals surface area contributed by atoms with E-state index in [0.29, 0.717) is 5.56 Å². The highest BCUT2D eigenvalue weighted by Gasteiger charge is 2.10. The molecule has 3 rings (SSSR count). The average molecular weight is 266 g/mol. The fraction of sp³-hybridized carbons (Fsp3) is 0.125. The molecule has 0 saturated heterocycles. The number of rotatable bonds is 4. The third kappa shape index (κ3) is 2.28. The number of nitrogens with zero attached hydrogens (tertiary/aromatic N) is 2. The lowest BCUT2D eigenvalue weighted by Crippen LogP contribution is -2.02. The molecule has 3 aromatic rings. The Morgan fingerprint density at radius 3 is 2.80 bits per heavy atom. The average Bonchev–Trinajstić information content (AvgIpc) is 2.89. The van der Waals surface area contributed by atoms with Gasteiger partial charge in [0.25, 0.3) is 0 Å². The van der Waals surface area contributed by atoms with Crippen LogP contribution in [0.5, 0.6) is 0 Å². The van der Waals surface area contributed by atoms with Crippen LogP contribution in [0, 0.1) is 0 Å². The summed E-state index contributed by atoms with van der Waals surface area (Å²) in [5.41, 5.74) is 2.32. The number of pyridine rings is 1. The minimum atomic E-state index is -0.891. The lowest BCUT2D eigenvalue weighted by atomic mass is 10.1. The van der Waals surface area contributed by atoms with Crippen LogP contribution < -0.4 is 0 Å². The van der Waals surface area contributed by atoms with Gasteiger partial charge in [-0.3, -0.25) is 4.98 Å². The maximum Gasteiger partial charge on any atom is 0.336 e. The molecule has 0 atom stereocenters. The van der Waals surface area contributed by atoms with Crippen LogP contribution in [0.15, 0.2) is 54.9 Å².